The van der Waals surface area contributed by atoms with E-state index >= 15 is 0 Å². The topological polar surface area (TPSA) is 100 Å². The van der Waals surface area contributed by atoms with Crippen LogP contribution in [0.15, 0.2) is 123 Å². The van der Waals surface area contributed by atoms with Gasteiger partial charge in [-0.15, -0.1) is 0 Å². The molecule has 0 atom stereocenters. The molecule has 0 unspecified atom stereocenters. The van der Waals surface area contributed by atoms with E-state index in [1.165, 1.54) is 10.9 Å². The van der Waals surface area contributed by atoms with E-state index in [-0.39, 0.29) is 22.6 Å². The van der Waals surface area contributed by atoms with E-state index in [0.717, 1.165) is 10.0 Å². The predicted molar refractivity (Wildman–Crippen MR) is 188 cm³/mol. The summed E-state index contributed by atoms with van der Waals surface area (Å²) < 4.78 is 14.5. The van der Waals surface area contributed by atoms with Gasteiger partial charge in [-0.1, -0.05) is 87.7 Å². The molecule has 0 saturated heterocycles. The third kappa shape index (κ3) is 7.22. The Morgan fingerprint density at radius 2 is 1.70 bits per heavy atom. The molecule has 0 N–H and O–H groups in total. The fraction of sp³-hybridized carbons (Fsp3) is 0.0270. The molecule has 0 spiro atoms. The molecular formula is C37H22BrCl2N5O2. The minimum atomic E-state index is 0.118. The maximum Gasteiger partial charge on any atom is 0.174 e. The number of nitrogens with zero attached hydrogens (tertiary/aromatic N) is 5. The molecule has 2 heterocycles. The second kappa shape index (κ2) is 14.4. The number of allylic oxidation sites excluding steroid dienone is 1. The van der Waals surface area contributed by atoms with Crippen molar-refractivity contribution in [3.8, 4) is 34.9 Å². The Kier molecular flexibility index (Phi) is 9.66. The Bertz CT molecular complexity index is 2210. The van der Waals surface area contributed by atoms with Crippen LogP contribution in [0.1, 0.15) is 28.1 Å². The van der Waals surface area contributed by atoms with Crippen molar-refractivity contribution in [3.05, 3.63) is 152 Å². The molecule has 4 aromatic carbocycles. The van der Waals surface area contributed by atoms with Crippen LogP contribution in [0.25, 0.3) is 28.7 Å². The monoisotopic (exact) mass is 717 g/mol. The molecule has 228 valence electrons. The molecule has 6 rings (SSSR count). The van der Waals surface area contributed by atoms with Gasteiger partial charge in [-0.05, 0) is 72.3 Å². The smallest absolute Gasteiger partial charge is 0.174 e. The van der Waals surface area contributed by atoms with Gasteiger partial charge < -0.3 is 9.15 Å². The van der Waals surface area contributed by atoms with Crippen LogP contribution in [0.3, 0.4) is 0 Å². The molecule has 6 aromatic rings. The maximum absolute atomic E-state index is 10.4. The summed E-state index contributed by atoms with van der Waals surface area (Å²) in [6.07, 6.45) is 3.15. The molecule has 10 heteroatoms. The molecule has 0 saturated carbocycles. The molecule has 0 bridgehead atoms. The van der Waals surface area contributed by atoms with Crippen LogP contribution in [0, 0.1) is 22.7 Å². The van der Waals surface area contributed by atoms with Gasteiger partial charge >= 0.3 is 0 Å². The predicted octanol–water partition coefficient (Wildman–Crippen LogP) is 10.5. The van der Waals surface area contributed by atoms with E-state index in [1.54, 1.807) is 36.4 Å². The van der Waals surface area contributed by atoms with E-state index in [2.05, 4.69) is 33.1 Å². The van der Waals surface area contributed by atoms with Crippen molar-refractivity contribution >= 4 is 62.8 Å². The molecule has 0 aliphatic carbocycles. The lowest BCUT2D eigenvalue weighted by Gasteiger charge is -2.10. The zero-order valence-electron chi connectivity index (χ0n) is 24.4. The number of ether oxygens (including phenoxy) is 1. The largest absolute Gasteiger partial charge is 0.488 e. The molecule has 47 heavy (non-hydrogen) atoms. The molecule has 2 aromatic heterocycles. The Labute approximate surface area is 289 Å². The van der Waals surface area contributed by atoms with Crippen LogP contribution in [0.2, 0.25) is 10.0 Å². The summed E-state index contributed by atoms with van der Waals surface area (Å²) in [5.41, 5.74) is 3.42. The van der Waals surface area contributed by atoms with Crippen molar-refractivity contribution in [1.82, 2.24) is 9.78 Å². The molecular weight excluding hydrogens is 697 g/mol. The van der Waals surface area contributed by atoms with Gasteiger partial charge in [0.25, 0.3) is 0 Å². The van der Waals surface area contributed by atoms with Crippen LogP contribution in [0.5, 0.6) is 5.75 Å². The Balaban J connectivity index is 1.40. The number of nitriles is 2. The van der Waals surface area contributed by atoms with Gasteiger partial charge in [-0.3, -0.25) is 0 Å². The summed E-state index contributed by atoms with van der Waals surface area (Å²) >= 11 is 15.9. The molecule has 0 radical (unpaired) electrons. The van der Waals surface area contributed by atoms with Gasteiger partial charge in [0, 0.05) is 20.6 Å². The number of rotatable bonds is 9. The molecule has 7 nitrogen and oxygen atoms in total. The number of furan rings is 1. The number of hydrogen-bond donors (Lipinski definition) is 0. The summed E-state index contributed by atoms with van der Waals surface area (Å²) in [6.45, 7) is 0.342. The van der Waals surface area contributed by atoms with Gasteiger partial charge in [0.1, 0.15) is 47.3 Å². The Hall–Kier alpha value is -5.38. The van der Waals surface area contributed by atoms with Crippen molar-refractivity contribution in [1.29, 1.82) is 10.5 Å². The fourth-order valence-electron chi connectivity index (χ4n) is 4.76. The number of hydrogen-bond acceptors (Lipinski definition) is 6. The molecule has 0 aliphatic heterocycles. The van der Waals surface area contributed by atoms with Crippen molar-refractivity contribution in [2.24, 2.45) is 4.99 Å². The first-order valence-corrected chi connectivity index (χ1v) is 15.7. The maximum atomic E-state index is 10.4. The average Bonchev–Trinajstić information content (AvgIpc) is 3.71. The standard InChI is InChI=1S/C37H22BrCl2N5O2/c38-27-11-15-34(46-23-24-7-3-1-4-8-24)25(18-27)17-26(20-41)36-32(21-42)37(45(44-36)29-9-5-2-6-10-29)43-22-30-13-16-35(47-30)31-14-12-28(39)19-33(31)40/h1-19,22H,23H2. The zero-order chi connectivity index (χ0) is 32.8. The molecule has 0 amide bonds. The van der Waals surface area contributed by atoms with Crippen LogP contribution >= 0.6 is 39.1 Å². The third-order valence-corrected chi connectivity index (χ3v) is 8.04. The van der Waals surface area contributed by atoms with Gasteiger partial charge in [0.05, 0.1) is 22.5 Å². The number of aromatic nitrogens is 2. The van der Waals surface area contributed by atoms with Crippen molar-refractivity contribution in [2.45, 2.75) is 6.61 Å². The fourth-order valence-corrected chi connectivity index (χ4v) is 5.64. The van der Waals surface area contributed by atoms with Crippen LogP contribution in [-0.4, -0.2) is 16.0 Å². The quantitative estimate of drug-likeness (QED) is 0.109. The number of aliphatic imine (C=N–C) groups is 1. The van der Waals surface area contributed by atoms with E-state index in [0.29, 0.717) is 50.7 Å². The first-order chi connectivity index (χ1) is 22.9. The van der Waals surface area contributed by atoms with Crippen LogP contribution in [-0.2, 0) is 6.61 Å². The SMILES string of the molecule is N#CC(=Cc1cc(Br)ccc1OCc1ccccc1)c1nn(-c2ccccc2)c(N=Cc2ccc(-c3ccc(Cl)cc3Cl)o2)c1C#N. The lowest BCUT2D eigenvalue weighted by atomic mass is 10.1. The first-order valence-electron chi connectivity index (χ1n) is 14.2. The summed E-state index contributed by atoms with van der Waals surface area (Å²) in [5.74, 6) is 1.74. The van der Waals surface area contributed by atoms with E-state index < -0.39 is 0 Å². The number of para-hydroxylation sites is 1. The minimum absolute atomic E-state index is 0.118. The lowest BCUT2D eigenvalue weighted by molar-refractivity contribution is 0.305. The van der Waals surface area contributed by atoms with Gasteiger partial charge in [-0.25, -0.2) is 9.67 Å². The van der Waals surface area contributed by atoms with Gasteiger partial charge in [0.2, 0.25) is 0 Å². The van der Waals surface area contributed by atoms with Crippen LogP contribution < -0.4 is 4.74 Å². The summed E-state index contributed by atoms with van der Waals surface area (Å²) in [5, 5.41) is 26.4. The summed E-state index contributed by atoms with van der Waals surface area (Å²) in [7, 11) is 0. The molecule has 0 fully saturated rings. The highest BCUT2D eigenvalue weighted by atomic mass is 79.9. The van der Waals surface area contributed by atoms with Crippen molar-refractivity contribution in [2.75, 3.05) is 0 Å². The third-order valence-electron chi connectivity index (χ3n) is 7.00. The van der Waals surface area contributed by atoms with E-state index in [4.69, 9.17) is 37.5 Å². The van der Waals surface area contributed by atoms with E-state index in [1.807, 2.05) is 78.9 Å². The van der Waals surface area contributed by atoms with Crippen molar-refractivity contribution < 1.29 is 9.15 Å². The number of halogens is 3. The minimum Gasteiger partial charge on any atom is -0.488 e. The highest BCUT2D eigenvalue weighted by Crippen LogP contribution is 2.34. The lowest BCUT2D eigenvalue weighted by Crippen LogP contribution is -1.98. The summed E-state index contributed by atoms with van der Waals surface area (Å²) in [6, 6.07) is 37.7. The highest BCUT2D eigenvalue weighted by Gasteiger charge is 2.22. The Morgan fingerprint density at radius 3 is 2.43 bits per heavy atom. The highest BCUT2D eigenvalue weighted by molar-refractivity contribution is 9.10. The Morgan fingerprint density at radius 1 is 0.936 bits per heavy atom. The summed E-state index contributed by atoms with van der Waals surface area (Å²) in [4.78, 5) is 4.64. The number of benzene rings is 4. The van der Waals surface area contributed by atoms with E-state index in [9.17, 15) is 10.5 Å². The normalized spacial score (nSPS) is 11.4. The van der Waals surface area contributed by atoms with Crippen LogP contribution in [0.4, 0.5) is 5.82 Å². The second-order valence-corrected chi connectivity index (χ2v) is 11.9. The zero-order valence-corrected chi connectivity index (χ0v) is 27.5. The van der Waals surface area contributed by atoms with Gasteiger partial charge in [-0.2, -0.15) is 15.6 Å². The molecule has 0 aliphatic rings. The first kappa shape index (κ1) is 31.6. The van der Waals surface area contributed by atoms with Crippen molar-refractivity contribution in [3.63, 3.8) is 0 Å². The average molecular weight is 719 g/mol. The van der Waals surface area contributed by atoms with Gasteiger partial charge in [0.15, 0.2) is 5.82 Å². The second-order valence-electron chi connectivity index (χ2n) is 10.1.